The number of benzene rings is 2. The van der Waals surface area contributed by atoms with Gasteiger partial charge in [-0.1, -0.05) is 57.0 Å². The van der Waals surface area contributed by atoms with Gasteiger partial charge in [0.2, 0.25) is 0 Å². The van der Waals surface area contributed by atoms with E-state index in [9.17, 15) is 13.5 Å². The summed E-state index contributed by atoms with van der Waals surface area (Å²) in [4.78, 5) is 0.384. The molecule has 0 spiro atoms. The third-order valence-electron chi connectivity index (χ3n) is 6.40. The van der Waals surface area contributed by atoms with Crippen LogP contribution in [0.25, 0.3) is 0 Å². The van der Waals surface area contributed by atoms with E-state index in [2.05, 4.69) is 19.2 Å². The van der Waals surface area contributed by atoms with E-state index in [0.717, 1.165) is 42.4 Å². The average molecular weight is 446 g/mol. The van der Waals surface area contributed by atoms with Crippen LogP contribution in [0, 0.1) is 0 Å². The lowest BCUT2D eigenvalue weighted by Gasteiger charge is -2.36. The molecule has 0 saturated carbocycles. The number of sulfone groups is 1. The van der Waals surface area contributed by atoms with Crippen molar-refractivity contribution in [3.63, 3.8) is 0 Å². The minimum Gasteiger partial charge on any atom is -0.496 e. The topological polar surface area (TPSA) is 75.6 Å². The Labute approximate surface area is 186 Å². The summed E-state index contributed by atoms with van der Waals surface area (Å²) in [6.07, 6.45) is 4.67. The van der Waals surface area contributed by atoms with Gasteiger partial charge in [-0.15, -0.1) is 0 Å². The van der Waals surface area contributed by atoms with Crippen molar-refractivity contribution >= 4 is 9.84 Å². The summed E-state index contributed by atoms with van der Waals surface area (Å²) in [7, 11) is -1.91. The fourth-order valence-electron chi connectivity index (χ4n) is 4.58. The summed E-state index contributed by atoms with van der Waals surface area (Å²) in [5.41, 5.74) is 2.11. The van der Waals surface area contributed by atoms with Gasteiger partial charge in [-0.25, -0.2) is 8.42 Å². The van der Waals surface area contributed by atoms with Crippen LogP contribution in [0.15, 0.2) is 47.4 Å². The van der Waals surface area contributed by atoms with Crippen LogP contribution >= 0.6 is 0 Å². The maximum absolute atomic E-state index is 13.7. The maximum atomic E-state index is 13.7. The van der Waals surface area contributed by atoms with Crippen molar-refractivity contribution in [2.75, 3.05) is 19.5 Å². The quantitative estimate of drug-likeness (QED) is 0.597. The van der Waals surface area contributed by atoms with Gasteiger partial charge in [-0.2, -0.15) is 0 Å². The highest BCUT2D eigenvalue weighted by Gasteiger charge is 2.42. The van der Waals surface area contributed by atoms with E-state index in [1.807, 2.05) is 36.4 Å². The molecule has 0 saturated heterocycles. The molecule has 0 fully saturated rings. The van der Waals surface area contributed by atoms with Crippen molar-refractivity contribution in [1.82, 2.24) is 5.32 Å². The molecule has 0 amide bonds. The first-order valence-electron chi connectivity index (χ1n) is 11.3. The zero-order valence-electron chi connectivity index (χ0n) is 18.9. The number of hydrogen-bond acceptors (Lipinski definition) is 5. The first-order valence-corrected chi connectivity index (χ1v) is 12.9. The molecule has 0 bridgehead atoms. The Balaban J connectivity index is 2.23. The van der Waals surface area contributed by atoms with Gasteiger partial charge in [0.15, 0.2) is 9.84 Å². The van der Waals surface area contributed by atoms with Crippen LogP contribution in [0.1, 0.15) is 68.7 Å². The Kier molecular flexibility index (Phi) is 7.78. The molecule has 31 heavy (non-hydrogen) atoms. The second-order valence-electron chi connectivity index (χ2n) is 8.51. The monoisotopic (exact) mass is 445 g/mol. The molecule has 2 N–H and O–H groups in total. The van der Waals surface area contributed by atoms with Crippen LogP contribution in [0.4, 0.5) is 0 Å². The molecule has 0 aliphatic carbocycles. The van der Waals surface area contributed by atoms with Crippen molar-refractivity contribution in [1.29, 1.82) is 0 Å². The predicted molar refractivity (Wildman–Crippen MR) is 124 cm³/mol. The molecule has 2 aromatic carbocycles. The summed E-state index contributed by atoms with van der Waals surface area (Å²) in [6.45, 7) is 4.26. The molecular formula is C25H35NO4S. The van der Waals surface area contributed by atoms with Gasteiger partial charge in [0, 0.05) is 12.1 Å². The van der Waals surface area contributed by atoms with Gasteiger partial charge in [-0.3, -0.25) is 5.32 Å². The van der Waals surface area contributed by atoms with E-state index in [1.165, 1.54) is 0 Å². The molecule has 1 aliphatic heterocycles. The highest BCUT2D eigenvalue weighted by Crippen LogP contribution is 2.41. The zero-order valence-corrected chi connectivity index (χ0v) is 19.7. The largest absolute Gasteiger partial charge is 0.496 e. The molecular weight excluding hydrogens is 410 g/mol. The van der Waals surface area contributed by atoms with Crippen LogP contribution in [0.2, 0.25) is 0 Å². The zero-order chi connectivity index (χ0) is 22.5. The minimum atomic E-state index is -3.52. The van der Waals surface area contributed by atoms with Gasteiger partial charge < -0.3 is 9.84 Å². The van der Waals surface area contributed by atoms with E-state index >= 15 is 0 Å². The lowest BCUT2D eigenvalue weighted by atomic mass is 9.87. The Morgan fingerprint density at radius 1 is 1.16 bits per heavy atom. The van der Waals surface area contributed by atoms with Crippen LogP contribution < -0.4 is 10.1 Å². The van der Waals surface area contributed by atoms with Gasteiger partial charge in [-0.05, 0) is 54.5 Å². The van der Waals surface area contributed by atoms with Crippen LogP contribution in [0.3, 0.4) is 0 Å². The summed E-state index contributed by atoms with van der Waals surface area (Å²) in [5.74, 6) is 0.751. The highest BCUT2D eigenvalue weighted by atomic mass is 32.2. The van der Waals surface area contributed by atoms with Crippen LogP contribution in [-0.4, -0.2) is 38.5 Å². The minimum absolute atomic E-state index is 0.0527. The number of nitrogens with one attached hydrogen (secondary N) is 1. The third kappa shape index (κ3) is 5.13. The number of hydrogen-bond donors (Lipinski definition) is 2. The fourth-order valence-corrected chi connectivity index (χ4v) is 6.76. The van der Waals surface area contributed by atoms with Crippen LogP contribution in [0.5, 0.6) is 5.75 Å². The summed E-state index contributed by atoms with van der Waals surface area (Å²) < 4.78 is 33.0. The number of methoxy groups -OCH3 is 1. The first-order chi connectivity index (χ1) is 14.9. The van der Waals surface area contributed by atoms with Crippen molar-refractivity contribution in [2.24, 2.45) is 0 Å². The Bertz CT molecular complexity index is 975. The number of ether oxygens (including phenoxy) is 1. The molecule has 1 aliphatic rings. The molecule has 3 rings (SSSR count). The highest BCUT2D eigenvalue weighted by molar-refractivity contribution is 7.91. The van der Waals surface area contributed by atoms with Gasteiger partial charge in [0.05, 0.1) is 23.8 Å². The molecule has 0 unspecified atom stereocenters. The van der Waals surface area contributed by atoms with E-state index in [0.29, 0.717) is 23.5 Å². The molecule has 170 valence electrons. The summed E-state index contributed by atoms with van der Waals surface area (Å²) >= 11 is 0. The molecule has 1 heterocycles. The van der Waals surface area contributed by atoms with Gasteiger partial charge in [0.25, 0.3) is 0 Å². The number of rotatable bonds is 9. The normalized spacial score (nSPS) is 22.5. The number of aryl methyl sites for hydroxylation is 1. The maximum Gasteiger partial charge on any atom is 0.180 e. The Morgan fingerprint density at radius 2 is 1.90 bits per heavy atom. The lowest BCUT2D eigenvalue weighted by molar-refractivity contribution is 0.287. The number of unbranched alkanes of at least 4 members (excludes halogenated alkanes) is 1. The van der Waals surface area contributed by atoms with E-state index in [4.69, 9.17) is 4.74 Å². The van der Waals surface area contributed by atoms with Gasteiger partial charge in [0.1, 0.15) is 5.75 Å². The number of aliphatic hydroxyl groups excluding tert-OH is 1. The fraction of sp³-hybridized carbons (Fsp3) is 0.520. The average Bonchev–Trinajstić information content (AvgIpc) is 2.88. The summed E-state index contributed by atoms with van der Waals surface area (Å²) in [6, 6.07) is 13.5. The third-order valence-corrected chi connectivity index (χ3v) is 8.35. The smallest absolute Gasteiger partial charge is 0.180 e. The number of fused-ring (bicyclic) bond motifs is 1. The molecule has 6 heteroatoms. The molecule has 0 radical (unpaired) electrons. The van der Waals surface area contributed by atoms with Crippen molar-refractivity contribution in [3.8, 4) is 5.75 Å². The second-order valence-corrected chi connectivity index (χ2v) is 10.5. The standard InChI is InChI=1S/C25H35NO4S/c1-4-6-14-25(5-2)18-31(28,29)23-16-20(13-10-15-27)22(30-3)17-21(23)24(26-25)19-11-8-7-9-12-19/h7-9,11-12,16-17,24,26-27H,4-6,10,13-15,18H2,1-3H3/t24-,25-/m1/s1. The molecule has 5 nitrogen and oxygen atoms in total. The van der Waals surface area contributed by atoms with Crippen molar-refractivity contribution < 1.29 is 18.3 Å². The lowest BCUT2D eigenvalue weighted by Crippen LogP contribution is -2.50. The van der Waals surface area contributed by atoms with Crippen LogP contribution in [-0.2, 0) is 16.3 Å². The van der Waals surface area contributed by atoms with Crippen molar-refractivity contribution in [2.45, 2.75) is 68.8 Å². The molecule has 2 atom stereocenters. The van der Waals surface area contributed by atoms with E-state index in [1.54, 1.807) is 13.2 Å². The Hall–Kier alpha value is -1.89. The Morgan fingerprint density at radius 3 is 2.52 bits per heavy atom. The number of aliphatic hydroxyl groups is 1. The summed E-state index contributed by atoms with van der Waals surface area (Å²) in [5, 5.41) is 13.1. The predicted octanol–water partition coefficient (Wildman–Crippen LogP) is 4.43. The first kappa shape index (κ1) is 23.8. The molecule has 2 aromatic rings. The second kappa shape index (κ2) is 10.2. The SMILES string of the molecule is CCCC[C@]1(CC)CS(=O)(=O)c2cc(CCCO)c(OC)cc2[C@@H](c2ccccc2)N1. The van der Waals surface area contributed by atoms with E-state index < -0.39 is 15.4 Å². The van der Waals surface area contributed by atoms with E-state index in [-0.39, 0.29) is 18.4 Å². The van der Waals surface area contributed by atoms with Gasteiger partial charge >= 0.3 is 0 Å². The molecule has 0 aromatic heterocycles. The van der Waals surface area contributed by atoms with Crippen molar-refractivity contribution in [3.05, 3.63) is 59.2 Å².